The molecule has 3 N–H and O–H groups in total. The number of aryl methyl sites for hydroxylation is 1. The molecule has 1 atom stereocenters. The molecule has 8 heteroatoms. The molecule has 2 aromatic rings. The molecule has 0 bridgehead atoms. The van der Waals surface area contributed by atoms with E-state index in [1.165, 1.54) is 17.8 Å². The van der Waals surface area contributed by atoms with Gasteiger partial charge in [0, 0.05) is 17.0 Å². The summed E-state index contributed by atoms with van der Waals surface area (Å²) < 4.78 is 16.3. The summed E-state index contributed by atoms with van der Waals surface area (Å²) >= 11 is 1.47. The van der Waals surface area contributed by atoms with Crippen molar-refractivity contribution in [3.63, 3.8) is 0 Å². The standard InChI is InChI=1S/C20H26FN5OS/c1-12-10-16(26(25-12)19(2,3)4)17(27)23-13-6-7-15(21)14(11-13)20(5)8-9-28-18(22)24-20/h6-7,10-11H,8-9H2,1-5H3,(H2,22,24)(H,23,27)/t20-/m0/s1. The van der Waals surface area contributed by atoms with Crippen LogP contribution in [0.25, 0.3) is 0 Å². The van der Waals surface area contributed by atoms with Crippen LogP contribution in [0.1, 0.15) is 55.9 Å². The van der Waals surface area contributed by atoms with E-state index in [4.69, 9.17) is 5.73 Å². The molecule has 3 rings (SSSR count). The quantitative estimate of drug-likeness (QED) is 0.811. The Balaban J connectivity index is 1.93. The van der Waals surface area contributed by atoms with E-state index in [0.29, 0.717) is 28.5 Å². The van der Waals surface area contributed by atoms with Crippen LogP contribution in [0.4, 0.5) is 10.1 Å². The molecule has 1 amide bonds. The monoisotopic (exact) mass is 403 g/mol. The van der Waals surface area contributed by atoms with Crippen LogP contribution in [0.2, 0.25) is 0 Å². The predicted octanol–water partition coefficient (Wildman–Crippen LogP) is 4.00. The van der Waals surface area contributed by atoms with Crippen molar-refractivity contribution in [1.29, 1.82) is 0 Å². The van der Waals surface area contributed by atoms with E-state index in [1.807, 2.05) is 34.6 Å². The van der Waals surface area contributed by atoms with E-state index >= 15 is 0 Å². The second kappa shape index (κ2) is 7.24. The van der Waals surface area contributed by atoms with Crippen molar-refractivity contribution < 1.29 is 9.18 Å². The number of benzene rings is 1. The summed E-state index contributed by atoms with van der Waals surface area (Å²) in [5.74, 6) is 0.117. The third kappa shape index (κ3) is 4.06. The van der Waals surface area contributed by atoms with Crippen molar-refractivity contribution in [3.8, 4) is 0 Å². The first-order valence-electron chi connectivity index (χ1n) is 9.16. The van der Waals surface area contributed by atoms with Gasteiger partial charge in [-0.3, -0.25) is 14.5 Å². The largest absolute Gasteiger partial charge is 0.379 e. The van der Waals surface area contributed by atoms with Gasteiger partial charge in [0.05, 0.1) is 16.8 Å². The maximum absolute atomic E-state index is 14.6. The Morgan fingerprint density at radius 2 is 2.07 bits per heavy atom. The van der Waals surface area contributed by atoms with Crippen molar-refractivity contribution in [2.75, 3.05) is 11.1 Å². The van der Waals surface area contributed by atoms with E-state index in [0.717, 1.165) is 11.4 Å². The molecule has 1 aromatic carbocycles. The molecule has 1 aliphatic heterocycles. The first-order valence-corrected chi connectivity index (χ1v) is 10.1. The molecule has 0 radical (unpaired) electrons. The molecule has 150 valence electrons. The number of nitrogens with zero attached hydrogens (tertiary/aromatic N) is 3. The van der Waals surface area contributed by atoms with Gasteiger partial charge in [-0.2, -0.15) is 5.10 Å². The molecule has 2 heterocycles. The Labute approximate surface area is 168 Å². The first-order chi connectivity index (χ1) is 13.0. The number of hydrogen-bond acceptors (Lipinski definition) is 5. The Kier molecular flexibility index (Phi) is 5.27. The highest BCUT2D eigenvalue weighted by atomic mass is 32.2. The van der Waals surface area contributed by atoms with Crippen molar-refractivity contribution in [2.24, 2.45) is 10.7 Å². The van der Waals surface area contributed by atoms with Gasteiger partial charge in [-0.25, -0.2) is 4.39 Å². The molecule has 6 nitrogen and oxygen atoms in total. The number of anilines is 1. The normalized spacial score (nSPS) is 20.0. The number of thioether (sulfide) groups is 1. The van der Waals surface area contributed by atoms with Crippen LogP contribution in [0.15, 0.2) is 29.3 Å². The fourth-order valence-corrected chi connectivity index (χ4v) is 4.24. The summed E-state index contributed by atoms with van der Waals surface area (Å²) in [4.78, 5) is 17.3. The van der Waals surface area contributed by atoms with Gasteiger partial charge in [-0.1, -0.05) is 11.8 Å². The highest BCUT2D eigenvalue weighted by Crippen LogP contribution is 2.37. The summed E-state index contributed by atoms with van der Waals surface area (Å²) in [6.45, 7) is 9.66. The molecule has 0 saturated heterocycles. The summed E-state index contributed by atoms with van der Waals surface area (Å²) in [5.41, 5.74) is 6.93. The van der Waals surface area contributed by atoms with Gasteiger partial charge in [-0.15, -0.1) is 0 Å². The smallest absolute Gasteiger partial charge is 0.273 e. The predicted molar refractivity (Wildman–Crippen MR) is 112 cm³/mol. The van der Waals surface area contributed by atoms with Gasteiger partial charge in [0.15, 0.2) is 5.17 Å². The summed E-state index contributed by atoms with van der Waals surface area (Å²) in [5, 5.41) is 7.75. The summed E-state index contributed by atoms with van der Waals surface area (Å²) in [7, 11) is 0. The maximum atomic E-state index is 14.6. The van der Waals surface area contributed by atoms with Crippen molar-refractivity contribution in [3.05, 3.63) is 47.0 Å². The van der Waals surface area contributed by atoms with Gasteiger partial charge in [0.2, 0.25) is 0 Å². The average Bonchev–Trinajstić information content (AvgIpc) is 2.98. The van der Waals surface area contributed by atoms with Gasteiger partial charge in [-0.05, 0) is 65.3 Å². The number of aromatic nitrogens is 2. The zero-order valence-corrected chi connectivity index (χ0v) is 17.7. The highest BCUT2D eigenvalue weighted by Gasteiger charge is 2.32. The van der Waals surface area contributed by atoms with Crippen LogP contribution in [0, 0.1) is 12.7 Å². The Bertz CT molecular complexity index is 947. The lowest BCUT2D eigenvalue weighted by Gasteiger charge is -2.30. The maximum Gasteiger partial charge on any atom is 0.273 e. The van der Waals surface area contributed by atoms with Crippen molar-refractivity contribution in [1.82, 2.24) is 9.78 Å². The minimum absolute atomic E-state index is 0.291. The third-order valence-electron chi connectivity index (χ3n) is 4.70. The van der Waals surface area contributed by atoms with Gasteiger partial charge >= 0.3 is 0 Å². The van der Waals surface area contributed by atoms with Crippen LogP contribution in [-0.4, -0.2) is 26.6 Å². The number of carbonyl (C=O) groups excluding carboxylic acids is 1. The van der Waals surface area contributed by atoms with E-state index in [-0.39, 0.29) is 17.3 Å². The van der Waals surface area contributed by atoms with E-state index in [1.54, 1.807) is 22.9 Å². The van der Waals surface area contributed by atoms with E-state index in [2.05, 4.69) is 15.4 Å². The molecular formula is C20H26FN5OS. The molecule has 0 fully saturated rings. The highest BCUT2D eigenvalue weighted by molar-refractivity contribution is 8.13. The van der Waals surface area contributed by atoms with Crippen LogP contribution in [-0.2, 0) is 11.1 Å². The Hall–Kier alpha value is -2.35. The van der Waals surface area contributed by atoms with Gasteiger partial charge < -0.3 is 11.1 Å². The summed E-state index contributed by atoms with van der Waals surface area (Å²) in [6.07, 6.45) is 0.669. The minimum Gasteiger partial charge on any atom is -0.379 e. The third-order valence-corrected chi connectivity index (χ3v) is 5.50. The van der Waals surface area contributed by atoms with Crippen LogP contribution in [0.3, 0.4) is 0 Å². The molecule has 0 unspecified atom stereocenters. The molecule has 0 spiro atoms. The number of aliphatic imine (C=N–C) groups is 1. The van der Waals surface area contributed by atoms with Crippen LogP contribution < -0.4 is 11.1 Å². The fourth-order valence-electron chi connectivity index (χ4n) is 3.26. The SMILES string of the molecule is Cc1cc(C(=O)Nc2ccc(F)c([C@]3(C)CCSC(N)=N3)c2)n(C(C)(C)C)n1. The first kappa shape index (κ1) is 20.4. The number of amides is 1. The number of carbonyl (C=O) groups is 1. The molecule has 28 heavy (non-hydrogen) atoms. The topological polar surface area (TPSA) is 85.3 Å². The zero-order valence-electron chi connectivity index (χ0n) is 16.8. The lowest BCUT2D eigenvalue weighted by atomic mass is 9.89. The Morgan fingerprint density at radius 3 is 2.71 bits per heavy atom. The molecule has 1 aromatic heterocycles. The number of hydrogen-bond donors (Lipinski definition) is 2. The lowest BCUT2D eigenvalue weighted by Crippen LogP contribution is -2.30. The second-order valence-electron chi connectivity index (χ2n) is 8.22. The number of halogens is 1. The number of nitrogens with two attached hydrogens (primary N) is 1. The van der Waals surface area contributed by atoms with Gasteiger partial charge in [0.25, 0.3) is 5.91 Å². The lowest BCUT2D eigenvalue weighted by molar-refractivity contribution is 0.100. The van der Waals surface area contributed by atoms with E-state index < -0.39 is 5.54 Å². The summed E-state index contributed by atoms with van der Waals surface area (Å²) in [6, 6.07) is 6.30. The molecule has 0 saturated carbocycles. The number of rotatable bonds is 3. The number of amidine groups is 1. The minimum atomic E-state index is -0.746. The Morgan fingerprint density at radius 1 is 1.36 bits per heavy atom. The fraction of sp³-hybridized carbons (Fsp3) is 0.450. The molecule has 1 aliphatic rings. The van der Waals surface area contributed by atoms with Crippen LogP contribution >= 0.6 is 11.8 Å². The van der Waals surface area contributed by atoms with Gasteiger partial charge in [0.1, 0.15) is 11.5 Å². The number of nitrogens with one attached hydrogen (secondary N) is 1. The van der Waals surface area contributed by atoms with Crippen molar-refractivity contribution in [2.45, 2.75) is 52.1 Å². The van der Waals surface area contributed by atoms with Crippen LogP contribution in [0.5, 0.6) is 0 Å². The zero-order chi connectivity index (χ0) is 20.7. The average molecular weight is 404 g/mol. The van der Waals surface area contributed by atoms with E-state index in [9.17, 15) is 9.18 Å². The second-order valence-corrected chi connectivity index (χ2v) is 9.34. The van der Waals surface area contributed by atoms with Crippen molar-refractivity contribution >= 4 is 28.5 Å². The molecular weight excluding hydrogens is 377 g/mol. The molecule has 0 aliphatic carbocycles.